The van der Waals surface area contributed by atoms with E-state index in [0.717, 1.165) is 18.6 Å². The molecule has 20 heavy (non-hydrogen) atoms. The van der Waals surface area contributed by atoms with Gasteiger partial charge >= 0.3 is 0 Å². The molecular formula is C16H22N2O2. The van der Waals surface area contributed by atoms with Crippen LogP contribution in [0.15, 0.2) is 29.4 Å². The summed E-state index contributed by atoms with van der Waals surface area (Å²) < 4.78 is 0. The van der Waals surface area contributed by atoms with E-state index in [4.69, 9.17) is 0 Å². The Labute approximate surface area is 119 Å². The number of nitrogens with zero attached hydrogens (tertiary/aromatic N) is 1. The molecule has 1 aromatic rings. The predicted octanol–water partition coefficient (Wildman–Crippen LogP) is 3.32. The van der Waals surface area contributed by atoms with E-state index in [1.807, 2.05) is 0 Å². The summed E-state index contributed by atoms with van der Waals surface area (Å²) in [5.41, 5.74) is 4.42. The third-order valence-corrected chi connectivity index (χ3v) is 3.61. The topological polar surface area (TPSA) is 61.7 Å². The van der Waals surface area contributed by atoms with Crippen LogP contribution >= 0.6 is 0 Å². The van der Waals surface area contributed by atoms with Crippen molar-refractivity contribution < 1.29 is 9.90 Å². The van der Waals surface area contributed by atoms with Crippen molar-refractivity contribution in [1.29, 1.82) is 0 Å². The van der Waals surface area contributed by atoms with Crippen molar-refractivity contribution in [1.82, 2.24) is 5.43 Å². The molecule has 4 heteroatoms. The highest BCUT2D eigenvalue weighted by Gasteiger charge is 2.29. The molecule has 1 saturated carbocycles. The molecule has 0 unspecified atom stereocenters. The quantitative estimate of drug-likeness (QED) is 0.813. The predicted molar refractivity (Wildman–Crippen MR) is 79.8 cm³/mol. The highest BCUT2D eigenvalue weighted by molar-refractivity contribution is 5.95. The molecule has 2 rings (SSSR count). The Balaban J connectivity index is 2.01. The summed E-state index contributed by atoms with van der Waals surface area (Å²) in [6, 6.07) is 6.15. The molecule has 1 atom stereocenters. The molecule has 0 heterocycles. The first-order chi connectivity index (χ1) is 9.35. The second kappa shape index (κ2) is 5.65. The van der Waals surface area contributed by atoms with Crippen molar-refractivity contribution in [2.24, 2.45) is 16.4 Å². The van der Waals surface area contributed by atoms with Crippen molar-refractivity contribution in [3.05, 3.63) is 29.8 Å². The smallest absolute Gasteiger partial charge is 0.271 e. The fraction of sp³-hybridized carbons (Fsp3) is 0.500. The number of phenols is 1. The summed E-state index contributed by atoms with van der Waals surface area (Å²) in [4.78, 5) is 11.9. The van der Waals surface area contributed by atoms with E-state index in [-0.39, 0.29) is 17.1 Å². The van der Waals surface area contributed by atoms with Gasteiger partial charge in [0.2, 0.25) is 0 Å². The Kier molecular flexibility index (Phi) is 4.12. The molecule has 0 spiro atoms. The molecule has 2 N–H and O–H groups in total. The second-order valence-corrected chi connectivity index (χ2v) is 6.52. The third kappa shape index (κ3) is 3.83. The fourth-order valence-electron chi connectivity index (χ4n) is 3.01. The summed E-state index contributed by atoms with van der Waals surface area (Å²) in [7, 11) is 0. The van der Waals surface area contributed by atoms with Gasteiger partial charge in [-0.1, -0.05) is 20.8 Å². The van der Waals surface area contributed by atoms with Crippen molar-refractivity contribution in [2.45, 2.75) is 40.0 Å². The maximum absolute atomic E-state index is 11.9. The van der Waals surface area contributed by atoms with Gasteiger partial charge in [0.05, 0.1) is 0 Å². The van der Waals surface area contributed by atoms with Crippen LogP contribution in [0.3, 0.4) is 0 Å². The number of rotatable bonds is 2. The minimum absolute atomic E-state index is 0.149. The number of phenolic OH excluding ortho intramolecular Hbond substituents is 1. The van der Waals surface area contributed by atoms with Crippen LogP contribution in [0.2, 0.25) is 0 Å². The average Bonchev–Trinajstić information content (AvgIpc) is 2.34. The highest BCUT2D eigenvalue weighted by atomic mass is 16.3. The van der Waals surface area contributed by atoms with Crippen molar-refractivity contribution in [3.63, 3.8) is 0 Å². The normalized spacial score (nSPS) is 23.6. The van der Waals surface area contributed by atoms with E-state index < -0.39 is 0 Å². The Morgan fingerprint density at radius 1 is 1.35 bits per heavy atom. The molecule has 0 saturated heterocycles. The lowest BCUT2D eigenvalue weighted by Gasteiger charge is -2.34. The van der Waals surface area contributed by atoms with Gasteiger partial charge in [0.15, 0.2) is 0 Å². The standard InChI is InChI=1S/C16H22N2O2/c1-11-8-13(10-16(2,3)9-11)17-18-15(20)12-4-6-14(19)7-5-12/h4-7,11,19H,8-10H2,1-3H3,(H,18,20)/b17-13-/t11-/m0/s1. The van der Waals surface area contributed by atoms with Crippen LogP contribution in [0.4, 0.5) is 0 Å². The van der Waals surface area contributed by atoms with Crippen molar-refractivity contribution in [3.8, 4) is 5.75 Å². The summed E-state index contributed by atoms with van der Waals surface area (Å²) in [5.74, 6) is 0.507. The molecule has 0 aliphatic heterocycles. The number of carbonyl (C=O) groups excluding carboxylic acids is 1. The summed E-state index contributed by atoms with van der Waals surface area (Å²) in [6.45, 7) is 6.69. The molecular weight excluding hydrogens is 252 g/mol. The van der Waals surface area contributed by atoms with Gasteiger partial charge in [-0.3, -0.25) is 4.79 Å². The number of carbonyl (C=O) groups is 1. The largest absolute Gasteiger partial charge is 0.508 e. The molecule has 4 nitrogen and oxygen atoms in total. The zero-order valence-corrected chi connectivity index (χ0v) is 12.3. The van der Waals surface area contributed by atoms with E-state index in [1.165, 1.54) is 18.6 Å². The lowest BCUT2D eigenvalue weighted by Crippen LogP contribution is -2.30. The number of amides is 1. The number of hydrogen-bond acceptors (Lipinski definition) is 3. The maximum atomic E-state index is 11.9. The Hall–Kier alpha value is -1.84. The van der Waals surface area contributed by atoms with Gasteiger partial charge in [0.1, 0.15) is 5.75 Å². The lowest BCUT2D eigenvalue weighted by atomic mass is 9.72. The van der Waals surface area contributed by atoms with Gasteiger partial charge in [0.25, 0.3) is 5.91 Å². The van der Waals surface area contributed by atoms with Crippen LogP contribution in [0.1, 0.15) is 50.4 Å². The second-order valence-electron chi connectivity index (χ2n) is 6.52. The molecule has 1 amide bonds. The first-order valence-corrected chi connectivity index (χ1v) is 7.00. The molecule has 1 aromatic carbocycles. The average molecular weight is 274 g/mol. The number of hydrazone groups is 1. The molecule has 1 aliphatic rings. The van der Waals surface area contributed by atoms with Crippen molar-refractivity contribution in [2.75, 3.05) is 0 Å². The number of aromatic hydroxyl groups is 1. The molecule has 108 valence electrons. The lowest BCUT2D eigenvalue weighted by molar-refractivity contribution is 0.0954. The zero-order chi connectivity index (χ0) is 14.8. The van der Waals surface area contributed by atoms with Crippen LogP contribution in [0, 0.1) is 11.3 Å². The maximum Gasteiger partial charge on any atom is 0.271 e. The first kappa shape index (κ1) is 14.6. The Bertz CT molecular complexity index is 518. The Morgan fingerprint density at radius 3 is 2.60 bits per heavy atom. The number of hydrogen-bond donors (Lipinski definition) is 2. The fourth-order valence-corrected chi connectivity index (χ4v) is 3.01. The number of nitrogens with one attached hydrogen (secondary N) is 1. The van der Waals surface area contributed by atoms with E-state index in [1.54, 1.807) is 12.1 Å². The van der Waals surface area contributed by atoms with Crippen molar-refractivity contribution >= 4 is 11.6 Å². The van der Waals surface area contributed by atoms with Gasteiger partial charge in [-0.25, -0.2) is 5.43 Å². The molecule has 0 aromatic heterocycles. The van der Waals surface area contributed by atoms with Gasteiger partial charge in [-0.05, 0) is 54.9 Å². The van der Waals surface area contributed by atoms with Crippen LogP contribution in [0.25, 0.3) is 0 Å². The highest BCUT2D eigenvalue weighted by Crippen LogP contribution is 2.36. The first-order valence-electron chi connectivity index (χ1n) is 7.00. The molecule has 1 aliphatic carbocycles. The van der Waals surface area contributed by atoms with E-state index in [0.29, 0.717) is 11.5 Å². The number of benzene rings is 1. The van der Waals surface area contributed by atoms with E-state index in [2.05, 4.69) is 31.3 Å². The Morgan fingerprint density at radius 2 is 2.00 bits per heavy atom. The molecule has 1 fully saturated rings. The monoisotopic (exact) mass is 274 g/mol. The SMILES string of the molecule is C[C@H]1C/C(=N/NC(=O)c2ccc(O)cc2)CC(C)(C)C1. The van der Waals surface area contributed by atoms with Crippen LogP contribution in [-0.4, -0.2) is 16.7 Å². The van der Waals surface area contributed by atoms with Gasteiger partial charge in [-0.15, -0.1) is 0 Å². The van der Waals surface area contributed by atoms with Crippen LogP contribution in [-0.2, 0) is 0 Å². The van der Waals surface area contributed by atoms with E-state index in [9.17, 15) is 9.90 Å². The molecule has 0 bridgehead atoms. The van der Waals surface area contributed by atoms with Gasteiger partial charge in [-0.2, -0.15) is 5.10 Å². The zero-order valence-electron chi connectivity index (χ0n) is 12.3. The summed E-state index contributed by atoms with van der Waals surface area (Å²) in [6.07, 6.45) is 3.06. The molecule has 0 radical (unpaired) electrons. The minimum Gasteiger partial charge on any atom is -0.508 e. The third-order valence-electron chi connectivity index (χ3n) is 3.61. The minimum atomic E-state index is -0.242. The van der Waals surface area contributed by atoms with Gasteiger partial charge in [0, 0.05) is 11.3 Å². The summed E-state index contributed by atoms with van der Waals surface area (Å²) in [5, 5.41) is 13.5. The van der Waals surface area contributed by atoms with E-state index >= 15 is 0 Å². The van der Waals surface area contributed by atoms with Crippen LogP contribution < -0.4 is 5.43 Å². The van der Waals surface area contributed by atoms with Gasteiger partial charge < -0.3 is 5.11 Å². The summed E-state index contributed by atoms with van der Waals surface area (Å²) >= 11 is 0. The van der Waals surface area contributed by atoms with Crippen LogP contribution in [0.5, 0.6) is 5.75 Å².